The van der Waals surface area contributed by atoms with E-state index in [-0.39, 0.29) is 11.8 Å². The van der Waals surface area contributed by atoms with E-state index in [1.165, 1.54) is 0 Å². The van der Waals surface area contributed by atoms with Gasteiger partial charge in [0.1, 0.15) is 23.0 Å². The molecule has 1 atom stereocenters. The van der Waals surface area contributed by atoms with Gasteiger partial charge in [-0.1, -0.05) is 43.3 Å². The predicted molar refractivity (Wildman–Crippen MR) is 143 cm³/mol. The molecule has 3 aromatic carbocycles. The zero-order chi connectivity index (χ0) is 25.1. The lowest BCUT2D eigenvalue weighted by atomic mass is 9.95. The number of rotatable bonds is 4. The van der Waals surface area contributed by atoms with Gasteiger partial charge in [-0.25, -0.2) is 4.99 Å². The van der Waals surface area contributed by atoms with Gasteiger partial charge in [0.2, 0.25) is 5.91 Å². The number of nitrogens with zero attached hydrogens (tertiary/aromatic N) is 3. The summed E-state index contributed by atoms with van der Waals surface area (Å²) in [5, 5.41) is 0. The largest absolute Gasteiger partial charge is 0.497 e. The maximum atomic E-state index is 13.5. The molecule has 6 heteroatoms. The smallest absolute Gasteiger partial charge is 0.230 e. The summed E-state index contributed by atoms with van der Waals surface area (Å²) in [6, 6.07) is 22.1. The maximum absolute atomic E-state index is 13.5. The summed E-state index contributed by atoms with van der Waals surface area (Å²) in [6.07, 6.45) is 1.67. The van der Waals surface area contributed by atoms with Crippen molar-refractivity contribution in [2.45, 2.75) is 32.6 Å². The lowest BCUT2D eigenvalue weighted by Gasteiger charge is -2.27. The molecule has 6 nitrogen and oxygen atoms in total. The second-order valence-corrected chi connectivity index (χ2v) is 9.41. The molecular formula is C30H33N3O3. The fourth-order valence-electron chi connectivity index (χ4n) is 5.04. The highest BCUT2D eigenvalue weighted by molar-refractivity contribution is 6.04. The van der Waals surface area contributed by atoms with Crippen LogP contribution in [0.25, 0.3) is 0 Å². The highest BCUT2D eigenvalue weighted by atomic mass is 16.5. The van der Waals surface area contributed by atoms with Gasteiger partial charge in [-0.15, -0.1) is 0 Å². The Morgan fingerprint density at radius 1 is 1.00 bits per heavy atom. The number of aliphatic imine (C=N–C) groups is 1. The highest BCUT2D eigenvalue weighted by Gasteiger charge is 2.29. The van der Waals surface area contributed by atoms with Gasteiger partial charge in [-0.2, -0.15) is 0 Å². The fraction of sp³-hybridized carbons (Fsp3) is 0.333. The summed E-state index contributed by atoms with van der Waals surface area (Å²) in [5.41, 5.74) is 3.94. The van der Waals surface area contributed by atoms with Crippen LogP contribution in [0.15, 0.2) is 71.7 Å². The summed E-state index contributed by atoms with van der Waals surface area (Å²) >= 11 is 0. The van der Waals surface area contributed by atoms with Crippen LogP contribution in [0, 0.1) is 6.92 Å². The highest BCUT2D eigenvalue weighted by Crippen LogP contribution is 2.40. The molecule has 0 aromatic heterocycles. The lowest BCUT2D eigenvalue weighted by Crippen LogP contribution is -2.39. The normalized spacial score (nSPS) is 16.0. The molecule has 0 radical (unpaired) electrons. The Labute approximate surface area is 213 Å². The molecule has 5 rings (SSSR count). The maximum Gasteiger partial charge on any atom is 0.230 e. The average molecular weight is 484 g/mol. The van der Waals surface area contributed by atoms with Gasteiger partial charge in [0.25, 0.3) is 0 Å². The van der Waals surface area contributed by atoms with E-state index in [2.05, 4.69) is 30.0 Å². The number of aryl methyl sites for hydroxylation is 1. The number of hydrogen-bond acceptors (Lipinski definition) is 5. The van der Waals surface area contributed by atoms with E-state index >= 15 is 0 Å². The number of amides is 1. The van der Waals surface area contributed by atoms with Crippen LogP contribution in [0.2, 0.25) is 0 Å². The van der Waals surface area contributed by atoms with Crippen molar-refractivity contribution >= 4 is 17.4 Å². The first kappa shape index (κ1) is 23.9. The van der Waals surface area contributed by atoms with Gasteiger partial charge in [0, 0.05) is 32.2 Å². The lowest BCUT2D eigenvalue weighted by molar-refractivity contribution is -0.132. The minimum Gasteiger partial charge on any atom is -0.497 e. The van der Waals surface area contributed by atoms with Crippen molar-refractivity contribution in [2.24, 2.45) is 4.99 Å². The molecule has 2 heterocycles. The molecule has 2 aliphatic heterocycles. The number of carbonyl (C=O) groups is 1. The van der Waals surface area contributed by atoms with Crippen molar-refractivity contribution in [2.75, 3.05) is 33.3 Å². The quantitative estimate of drug-likeness (QED) is 0.463. The summed E-state index contributed by atoms with van der Waals surface area (Å²) in [5.74, 6) is 3.18. The van der Waals surface area contributed by atoms with Crippen LogP contribution in [0.3, 0.4) is 0 Å². The van der Waals surface area contributed by atoms with Gasteiger partial charge in [0.05, 0.1) is 18.6 Å². The molecular weight excluding hydrogens is 450 g/mol. The van der Waals surface area contributed by atoms with Crippen LogP contribution in [-0.4, -0.2) is 54.8 Å². The first-order valence-electron chi connectivity index (χ1n) is 12.7. The molecule has 3 aromatic rings. The first-order valence-corrected chi connectivity index (χ1v) is 12.7. The minimum absolute atomic E-state index is 0.107. The Kier molecular flexibility index (Phi) is 6.94. The molecule has 0 bridgehead atoms. The second kappa shape index (κ2) is 10.4. The third-order valence-electron chi connectivity index (χ3n) is 7.01. The van der Waals surface area contributed by atoms with Crippen LogP contribution in [0.1, 0.15) is 42.4 Å². The zero-order valence-electron chi connectivity index (χ0n) is 21.2. The Balaban J connectivity index is 1.43. The monoisotopic (exact) mass is 483 g/mol. The standard InChI is InChI=1S/C30H33N3O3/c1-4-24(22-9-6-5-7-10-22)30(34)33-16-8-15-32(17-18-33)29-25-13-12-23(35-3)20-27(25)36-28-19-21(2)11-14-26(28)31-29/h5-7,9-14,19-20,24H,4,8,15-18H2,1-3H3. The molecule has 1 saturated heterocycles. The zero-order valence-corrected chi connectivity index (χ0v) is 21.2. The van der Waals surface area contributed by atoms with Crippen LogP contribution < -0.4 is 9.47 Å². The Hall–Kier alpha value is -3.80. The van der Waals surface area contributed by atoms with E-state index in [1.807, 2.05) is 60.4 Å². The van der Waals surface area contributed by atoms with E-state index in [0.29, 0.717) is 13.1 Å². The first-order chi connectivity index (χ1) is 17.6. The number of fused-ring (bicyclic) bond motifs is 2. The number of amidine groups is 1. The molecule has 1 amide bonds. The second-order valence-electron chi connectivity index (χ2n) is 9.41. The average Bonchev–Trinajstić information content (AvgIpc) is 3.24. The van der Waals surface area contributed by atoms with E-state index in [1.54, 1.807) is 7.11 Å². The topological polar surface area (TPSA) is 54.4 Å². The summed E-state index contributed by atoms with van der Waals surface area (Å²) in [4.78, 5) is 22.9. The van der Waals surface area contributed by atoms with Crippen molar-refractivity contribution in [1.29, 1.82) is 0 Å². The summed E-state index contributed by atoms with van der Waals surface area (Å²) in [7, 11) is 1.66. The van der Waals surface area contributed by atoms with Gasteiger partial charge in [-0.05, 0) is 55.2 Å². The van der Waals surface area contributed by atoms with E-state index in [9.17, 15) is 4.79 Å². The SMILES string of the molecule is CCC(C(=O)N1CCCN(C2=Nc3ccc(C)cc3Oc3cc(OC)ccc32)CC1)c1ccccc1. The molecule has 0 aliphatic carbocycles. The van der Waals surface area contributed by atoms with Gasteiger partial charge < -0.3 is 19.3 Å². The van der Waals surface area contributed by atoms with Crippen molar-refractivity contribution in [3.05, 3.63) is 83.4 Å². The Morgan fingerprint density at radius 2 is 1.83 bits per heavy atom. The van der Waals surface area contributed by atoms with E-state index < -0.39 is 0 Å². The number of carbonyl (C=O) groups excluding carboxylic acids is 1. The molecule has 2 aliphatic rings. The van der Waals surface area contributed by atoms with E-state index in [0.717, 1.165) is 71.4 Å². The predicted octanol–water partition coefficient (Wildman–Crippen LogP) is 5.92. The van der Waals surface area contributed by atoms with Crippen LogP contribution in [-0.2, 0) is 4.79 Å². The number of ether oxygens (including phenoxy) is 2. The third kappa shape index (κ3) is 4.81. The molecule has 0 saturated carbocycles. The van der Waals surface area contributed by atoms with Crippen molar-refractivity contribution < 1.29 is 14.3 Å². The van der Waals surface area contributed by atoms with Gasteiger partial charge >= 0.3 is 0 Å². The minimum atomic E-state index is -0.107. The Bertz CT molecular complexity index is 1270. The summed E-state index contributed by atoms with van der Waals surface area (Å²) < 4.78 is 11.8. The number of methoxy groups -OCH3 is 1. The van der Waals surface area contributed by atoms with Crippen LogP contribution in [0.5, 0.6) is 17.2 Å². The Morgan fingerprint density at radius 3 is 2.61 bits per heavy atom. The fourth-order valence-corrected chi connectivity index (χ4v) is 5.04. The van der Waals surface area contributed by atoms with E-state index in [4.69, 9.17) is 14.5 Å². The molecule has 186 valence electrons. The van der Waals surface area contributed by atoms with Crippen LogP contribution >= 0.6 is 0 Å². The van der Waals surface area contributed by atoms with Gasteiger partial charge in [0.15, 0.2) is 5.75 Å². The molecule has 1 fully saturated rings. The molecule has 0 N–H and O–H groups in total. The molecule has 1 unspecified atom stereocenters. The number of benzene rings is 3. The summed E-state index contributed by atoms with van der Waals surface area (Å²) in [6.45, 7) is 7.07. The molecule has 36 heavy (non-hydrogen) atoms. The molecule has 0 spiro atoms. The van der Waals surface area contributed by atoms with Crippen LogP contribution in [0.4, 0.5) is 5.69 Å². The van der Waals surface area contributed by atoms with Crippen molar-refractivity contribution in [3.8, 4) is 17.2 Å². The van der Waals surface area contributed by atoms with Gasteiger partial charge in [-0.3, -0.25) is 4.79 Å². The third-order valence-corrected chi connectivity index (χ3v) is 7.01. The van der Waals surface area contributed by atoms with Crippen molar-refractivity contribution in [1.82, 2.24) is 9.80 Å². The van der Waals surface area contributed by atoms with Crippen molar-refractivity contribution in [3.63, 3.8) is 0 Å². The number of hydrogen-bond donors (Lipinski definition) is 0.